The molecule has 0 unspecified atom stereocenters. The zero-order valence-electron chi connectivity index (χ0n) is 24.8. The highest BCUT2D eigenvalue weighted by Gasteiger charge is 2.32. The molecule has 2 atom stereocenters. The van der Waals surface area contributed by atoms with E-state index in [1.54, 1.807) is 49.7 Å². The fraction of sp³-hybridized carbons (Fsp3) is 0.429. The summed E-state index contributed by atoms with van der Waals surface area (Å²) < 4.78 is 96.6. The maximum atomic E-state index is 14.9. The molecular weight excluding hydrogens is 549 g/mol. The van der Waals surface area contributed by atoms with E-state index in [4.69, 9.17) is 8.85 Å². The summed E-state index contributed by atoms with van der Waals surface area (Å²) in [5.74, 6) is 6.25. The molecule has 210 valence electrons. The maximum absolute atomic E-state index is 14.9. The van der Waals surface area contributed by atoms with Crippen LogP contribution in [0.3, 0.4) is 0 Å². The highest BCUT2D eigenvalue weighted by molar-refractivity contribution is 7.70. The van der Waals surface area contributed by atoms with Crippen LogP contribution in [-0.2, 0) is 11.0 Å². The van der Waals surface area contributed by atoms with Crippen LogP contribution in [-0.4, -0.2) is 70.3 Å². The summed E-state index contributed by atoms with van der Waals surface area (Å²) in [4.78, 5) is 1.37. The van der Waals surface area contributed by atoms with Crippen molar-refractivity contribution in [1.82, 2.24) is 4.90 Å². The van der Waals surface area contributed by atoms with Gasteiger partial charge in [-0.3, -0.25) is 0 Å². The second-order valence-electron chi connectivity index (χ2n) is 9.78. The van der Waals surface area contributed by atoms with E-state index in [2.05, 4.69) is 22.5 Å². The lowest BCUT2D eigenvalue weighted by atomic mass is 10.0. The van der Waals surface area contributed by atoms with Gasteiger partial charge >= 0.3 is 6.18 Å². The first-order valence-corrected chi connectivity index (χ1v) is 15.7. The first-order chi connectivity index (χ1) is 19.6. The van der Waals surface area contributed by atoms with Gasteiger partial charge in [0.05, 0.1) is 47.1 Å². The van der Waals surface area contributed by atoms with Gasteiger partial charge in [0.1, 0.15) is 19.1 Å². The molecule has 1 saturated heterocycles. The van der Waals surface area contributed by atoms with E-state index < -0.39 is 38.9 Å². The minimum atomic E-state index is -4.47. The number of piperidine rings is 1. The minimum absolute atomic E-state index is 0.0521. The van der Waals surface area contributed by atoms with Crippen LogP contribution < -0.4 is 20.7 Å². The Morgan fingerprint density at radius 1 is 1.26 bits per heavy atom. The average molecular weight is 585 g/mol. The zero-order chi connectivity index (χ0) is 30.9. The summed E-state index contributed by atoms with van der Waals surface area (Å²) in [7, 11) is -1.01. The molecule has 11 heteroatoms. The van der Waals surface area contributed by atoms with Crippen LogP contribution in [0.15, 0.2) is 36.4 Å². The molecule has 2 N–H and O–H groups in total. The maximum Gasteiger partial charge on any atom is 0.393 e. The van der Waals surface area contributed by atoms with Crippen molar-refractivity contribution in [1.29, 1.82) is 0 Å². The largest absolute Gasteiger partial charge is 0.495 e. The summed E-state index contributed by atoms with van der Waals surface area (Å²) in [6, 6.07) is 9.35. The van der Waals surface area contributed by atoms with Gasteiger partial charge in [-0.1, -0.05) is 24.0 Å². The van der Waals surface area contributed by atoms with E-state index in [0.29, 0.717) is 32.5 Å². The minimum Gasteiger partial charge on any atom is -0.495 e. The first-order valence-electron chi connectivity index (χ1n) is 13.8. The highest BCUT2D eigenvalue weighted by Crippen LogP contribution is 2.40. The van der Waals surface area contributed by atoms with Crippen molar-refractivity contribution in [2.45, 2.75) is 31.2 Å². The Balaban J connectivity index is 1.58. The molecule has 2 aromatic carbocycles. The Morgan fingerprint density at radius 3 is 2.72 bits per heavy atom. The summed E-state index contributed by atoms with van der Waals surface area (Å²) in [5.41, 5.74) is 1.14. The van der Waals surface area contributed by atoms with Gasteiger partial charge in [-0.2, -0.15) is 13.2 Å². The van der Waals surface area contributed by atoms with Crippen molar-refractivity contribution in [3.63, 3.8) is 0 Å². The van der Waals surface area contributed by atoms with E-state index in [0.717, 1.165) is 16.2 Å². The van der Waals surface area contributed by atoms with Crippen molar-refractivity contribution in [3.8, 4) is 17.6 Å². The van der Waals surface area contributed by atoms with Crippen molar-refractivity contribution >= 4 is 45.2 Å². The predicted molar refractivity (Wildman–Crippen MR) is 153 cm³/mol. The van der Waals surface area contributed by atoms with E-state index in [9.17, 15) is 22.1 Å². The Labute approximate surface area is 234 Å². The van der Waals surface area contributed by atoms with Gasteiger partial charge < -0.3 is 24.8 Å². The second kappa shape index (κ2) is 11.8. The van der Waals surface area contributed by atoms with Crippen molar-refractivity contribution < 1.29 is 31.0 Å². The number of methoxy groups -OCH3 is 1. The molecule has 1 aliphatic heterocycles. The quantitative estimate of drug-likeness (QED) is 0.197. The number of ether oxygens (including phenoxy) is 1. The first kappa shape index (κ1) is 25.3. The lowest BCUT2D eigenvalue weighted by Crippen LogP contribution is -2.46. The number of likely N-dealkylation sites (tertiary alicyclic amines) is 1. The average Bonchev–Trinajstić information content (AvgIpc) is 3.23. The molecule has 4 rings (SSSR count). The summed E-state index contributed by atoms with van der Waals surface area (Å²) >= 11 is 1.10. The smallest absolute Gasteiger partial charge is 0.393 e. The van der Waals surface area contributed by atoms with Gasteiger partial charge in [0.2, 0.25) is 0 Å². The van der Waals surface area contributed by atoms with Crippen LogP contribution in [0.5, 0.6) is 5.75 Å². The standard InChI is InChI=1S/C28H32F4N3O2PS/c1-35-14-12-22(21(29)17-35)34-24-8-5-7-19-20(16-28(30,31)32)26(39-27(19)24)9-6-13-33-23-11-10-18(38(3,4)36)15-25(23)37-2/h5,7-8,10-11,15,21-22,33-34H,12-14,16-17H2,1-4H3/t21-,22+/m0/s1/i1D3. The summed E-state index contributed by atoms with van der Waals surface area (Å²) in [6.45, 7) is 0.945. The van der Waals surface area contributed by atoms with Gasteiger partial charge in [-0.25, -0.2) is 4.39 Å². The van der Waals surface area contributed by atoms with E-state index in [1.807, 2.05) is 0 Å². The van der Waals surface area contributed by atoms with E-state index >= 15 is 0 Å². The molecule has 3 aromatic rings. The Hall–Kier alpha value is -2.73. The molecule has 1 aromatic heterocycles. The number of rotatable bonds is 7. The number of thiophene rings is 1. The number of hydrogen-bond acceptors (Lipinski definition) is 6. The summed E-state index contributed by atoms with van der Waals surface area (Å²) in [6.07, 6.45) is -6.87. The number of benzene rings is 2. The number of nitrogens with one attached hydrogen (secondary N) is 2. The lowest BCUT2D eigenvalue weighted by molar-refractivity contribution is -0.126. The fourth-order valence-corrected chi connectivity index (χ4v) is 6.49. The third kappa shape index (κ3) is 7.27. The van der Waals surface area contributed by atoms with E-state index in [-0.39, 0.29) is 36.5 Å². The van der Waals surface area contributed by atoms with Crippen LogP contribution in [0.25, 0.3) is 10.1 Å². The monoisotopic (exact) mass is 584 g/mol. The van der Waals surface area contributed by atoms with Crippen molar-refractivity contribution in [2.24, 2.45) is 0 Å². The number of halogens is 4. The van der Waals surface area contributed by atoms with Crippen LogP contribution in [0.2, 0.25) is 0 Å². The number of alkyl halides is 4. The van der Waals surface area contributed by atoms with Crippen LogP contribution in [0.1, 0.15) is 21.0 Å². The van der Waals surface area contributed by atoms with Gasteiger partial charge in [0.15, 0.2) is 0 Å². The van der Waals surface area contributed by atoms with Gasteiger partial charge in [-0.15, -0.1) is 11.3 Å². The van der Waals surface area contributed by atoms with Crippen molar-refractivity contribution in [2.75, 3.05) is 57.7 Å². The molecule has 39 heavy (non-hydrogen) atoms. The van der Waals surface area contributed by atoms with E-state index in [1.165, 1.54) is 7.11 Å². The molecule has 0 amide bonds. The molecule has 0 radical (unpaired) electrons. The van der Waals surface area contributed by atoms with Gasteiger partial charge in [-0.05, 0) is 61.9 Å². The van der Waals surface area contributed by atoms with Gasteiger partial charge in [0, 0.05) is 22.5 Å². The fourth-order valence-electron chi connectivity index (χ4n) is 4.45. The third-order valence-electron chi connectivity index (χ3n) is 6.45. The third-order valence-corrected chi connectivity index (χ3v) is 9.17. The Bertz CT molecular complexity index is 1550. The molecular formula is C28H32F4N3O2PS. The molecule has 0 spiro atoms. The molecule has 0 bridgehead atoms. The molecule has 2 heterocycles. The Morgan fingerprint density at radius 2 is 2.05 bits per heavy atom. The normalized spacial score (nSPS) is 19.9. The summed E-state index contributed by atoms with van der Waals surface area (Å²) in [5, 5.41) is 7.25. The second-order valence-corrected chi connectivity index (χ2v) is 14.0. The zero-order valence-corrected chi connectivity index (χ0v) is 23.5. The highest BCUT2D eigenvalue weighted by atomic mass is 32.1. The van der Waals surface area contributed by atoms with Crippen molar-refractivity contribution in [3.05, 3.63) is 46.8 Å². The SMILES string of the molecule is [2H]C([2H])([2H])N1CC[C@@H](Nc2cccc3c(CC(F)(F)F)c(C#CCNc4ccc(P(C)(C)=O)cc4OC)sc23)[C@@H](F)C1. The van der Waals surface area contributed by atoms with Crippen LogP contribution in [0.4, 0.5) is 28.9 Å². The molecule has 5 nitrogen and oxygen atoms in total. The number of hydrogen-bond donors (Lipinski definition) is 2. The number of nitrogens with zero attached hydrogens (tertiary/aromatic N) is 1. The predicted octanol–water partition coefficient (Wildman–Crippen LogP) is 6.18. The molecule has 0 aliphatic carbocycles. The van der Waals surface area contributed by atoms with Crippen LogP contribution >= 0.6 is 18.5 Å². The van der Waals surface area contributed by atoms with Crippen LogP contribution in [0, 0.1) is 11.8 Å². The number of fused-ring (bicyclic) bond motifs is 1. The van der Waals surface area contributed by atoms with Gasteiger partial charge in [0.25, 0.3) is 0 Å². The Kier molecular flexibility index (Phi) is 7.63. The molecule has 0 saturated carbocycles. The number of anilines is 2. The molecule has 1 aliphatic rings. The lowest BCUT2D eigenvalue weighted by Gasteiger charge is -2.33. The topological polar surface area (TPSA) is 53.6 Å². The molecule has 1 fully saturated rings.